The number of nitrogens with one attached hydrogen (secondary N) is 1. The summed E-state index contributed by atoms with van der Waals surface area (Å²) >= 11 is 0. The summed E-state index contributed by atoms with van der Waals surface area (Å²) in [6.07, 6.45) is 3.38. The summed E-state index contributed by atoms with van der Waals surface area (Å²) in [6, 6.07) is 15.2. The van der Waals surface area contributed by atoms with Crippen molar-refractivity contribution in [3.63, 3.8) is 0 Å². The molecule has 0 bridgehead atoms. The minimum atomic E-state index is -0.140. The number of carbonyl (C=O) groups excluding carboxylic acids is 2. The number of anilines is 1. The molecular formula is C19H20N2O2. The van der Waals surface area contributed by atoms with Crippen LogP contribution in [0.15, 0.2) is 54.6 Å². The van der Waals surface area contributed by atoms with Crippen LogP contribution in [0.2, 0.25) is 0 Å². The van der Waals surface area contributed by atoms with E-state index in [0.29, 0.717) is 24.2 Å². The molecule has 2 rings (SSSR count). The summed E-state index contributed by atoms with van der Waals surface area (Å²) in [6.45, 7) is 1.97. The number of nitrogens with two attached hydrogens (primary N) is 1. The maximum absolute atomic E-state index is 11.4. The first kappa shape index (κ1) is 16.6. The third-order valence-electron chi connectivity index (χ3n) is 3.46. The highest BCUT2D eigenvalue weighted by atomic mass is 16.1. The maximum Gasteiger partial charge on any atom is 0.221 e. The zero-order chi connectivity index (χ0) is 16.7. The Hall–Kier alpha value is -2.72. The smallest absolute Gasteiger partial charge is 0.221 e. The molecule has 4 heteroatoms. The molecule has 23 heavy (non-hydrogen) atoms. The molecule has 0 fully saturated rings. The minimum absolute atomic E-state index is 0.140. The van der Waals surface area contributed by atoms with Crippen LogP contribution in [0.1, 0.15) is 23.6 Å². The molecular weight excluding hydrogens is 288 g/mol. The second kappa shape index (κ2) is 8.06. The van der Waals surface area contributed by atoms with E-state index in [9.17, 15) is 9.59 Å². The first-order valence-corrected chi connectivity index (χ1v) is 7.43. The summed E-state index contributed by atoms with van der Waals surface area (Å²) < 4.78 is 0. The fourth-order valence-electron chi connectivity index (χ4n) is 2.25. The van der Waals surface area contributed by atoms with Gasteiger partial charge in [-0.1, -0.05) is 42.5 Å². The van der Waals surface area contributed by atoms with E-state index in [4.69, 9.17) is 5.73 Å². The largest absolute Gasteiger partial charge is 0.326 e. The second-order valence-corrected chi connectivity index (χ2v) is 5.26. The average Bonchev–Trinajstić information content (AvgIpc) is 2.56. The maximum atomic E-state index is 11.4. The van der Waals surface area contributed by atoms with Gasteiger partial charge in [-0.25, -0.2) is 0 Å². The van der Waals surface area contributed by atoms with Crippen molar-refractivity contribution in [2.75, 3.05) is 5.32 Å². The monoisotopic (exact) mass is 308 g/mol. The van der Waals surface area contributed by atoms with Crippen LogP contribution in [0.5, 0.6) is 0 Å². The van der Waals surface area contributed by atoms with Crippen LogP contribution < -0.4 is 11.1 Å². The molecule has 0 aromatic heterocycles. The van der Waals surface area contributed by atoms with Gasteiger partial charge in [-0.05, 0) is 35.2 Å². The van der Waals surface area contributed by atoms with Gasteiger partial charge in [0.25, 0.3) is 0 Å². The van der Waals surface area contributed by atoms with Gasteiger partial charge in [0.15, 0.2) is 0 Å². The van der Waals surface area contributed by atoms with Gasteiger partial charge < -0.3 is 11.1 Å². The van der Waals surface area contributed by atoms with Crippen molar-refractivity contribution in [1.29, 1.82) is 0 Å². The Kier molecular flexibility index (Phi) is 5.83. The van der Waals surface area contributed by atoms with E-state index in [0.717, 1.165) is 23.0 Å². The predicted octanol–water partition coefficient (Wildman–Crippen LogP) is 2.93. The van der Waals surface area contributed by atoms with Gasteiger partial charge in [0.2, 0.25) is 5.91 Å². The normalized spacial score (nSPS) is 11.1. The lowest BCUT2D eigenvalue weighted by molar-refractivity contribution is -0.114. The second-order valence-electron chi connectivity index (χ2n) is 5.26. The van der Waals surface area contributed by atoms with Gasteiger partial charge >= 0.3 is 0 Å². The van der Waals surface area contributed by atoms with Gasteiger partial charge in [-0.2, -0.15) is 0 Å². The summed E-state index contributed by atoms with van der Waals surface area (Å²) in [7, 11) is 0. The van der Waals surface area contributed by atoms with Crippen molar-refractivity contribution in [1.82, 2.24) is 0 Å². The van der Waals surface area contributed by atoms with Crippen molar-refractivity contribution in [2.24, 2.45) is 5.73 Å². The summed E-state index contributed by atoms with van der Waals surface area (Å²) in [5, 5.41) is 2.72. The quantitative estimate of drug-likeness (QED) is 0.636. The van der Waals surface area contributed by atoms with E-state index in [1.54, 1.807) is 12.1 Å². The Morgan fingerprint density at radius 3 is 2.43 bits per heavy atom. The highest BCUT2D eigenvalue weighted by Crippen LogP contribution is 2.18. The van der Waals surface area contributed by atoms with Gasteiger partial charge in [-0.3, -0.25) is 9.59 Å². The number of carbonyl (C=O) groups is 2. The number of amides is 1. The Morgan fingerprint density at radius 2 is 1.83 bits per heavy atom. The summed E-state index contributed by atoms with van der Waals surface area (Å²) in [5.74, 6) is -0.140. The first-order valence-electron chi connectivity index (χ1n) is 7.43. The van der Waals surface area contributed by atoms with E-state index < -0.39 is 0 Å². The van der Waals surface area contributed by atoms with Crippen molar-refractivity contribution < 1.29 is 9.59 Å². The molecule has 0 radical (unpaired) electrons. The molecule has 0 heterocycles. The molecule has 1 amide bonds. The Balaban J connectivity index is 2.17. The molecule has 3 N–H and O–H groups in total. The van der Waals surface area contributed by atoms with Crippen LogP contribution in [0.25, 0.3) is 5.57 Å². The molecule has 0 unspecified atom stereocenters. The van der Waals surface area contributed by atoms with Gasteiger partial charge in [0.1, 0.15) is 6.29 Å². The fourth-order valence-corrected chi connectivity index (χ4v) is 2.25. The van der Waals surface area contributed by atoms with Crippen LogP contribution in [-0.2, 0) is 22.6 Å². The zero-order valence-electron chi connectivity index (χ0n) is 13.1. The van der Waals surface area contributed by atoms with Crippen LogP contribution in [0, 0.1) is 0 Å². The van der Waals surface area contributed by atoms with Crippen LogP contribution >= 0.6 is 0 Å². The number of rotatable bonds is 6. The molecule has 0 aliphatic carbocycles. The van der Waals surface area contributed by atoms with Crippen molar-refractivity contribution in [3.05, 3.63) is 71.3 Å². The lowest BCUT2D eigenvalue weighted by Crippen LogP contribution is -2.05. The number of hydrogen-bond donors (Lipinski definition) is 2. The molecule has 0 aliphatic heterocycles. The van der Waals surface area contributed by atoms with E-state index in [-0.39, 0.29) is 5.91 Å². The first-order chi connectivity index (χ1) is 11.1. The number of hydrogen-bond acceptors (Lipinski definition) is 3. The zero-order valence-corrected chi connectivity index (χ0v) is 13.1. The Labute approximate surface area is 136 Å². The number of aldehydes is 1. The van der Waals surface area contributed by atoms with Crippen molar-refractivity contribution >= 4 is 23.5 Å². The molecule has 0 atom stereocenters. The van der Waals surface area contributed by atoms with Crippen LogP contribution in [0.3, 0.4) is 0 Å². The van der Waals surface area contributed by atoms with Crippen LogP contribution in [-0.4, -0.2) is 12.2 Å². The molecule has 2 aromatic rings. The molecule has 0 saturated heterocycles. The predicted molar refractivity (Wildman–Crippen MR) is 92.8 cm³/mol. The molecule has 118 valence electrons. The summed E-state index contributed by atoms with van der Waals surface area (Å²) in [5.41, 5.74) is 9.83. The molecule has 2 aromatic carbocycles. The van der Waals surface area contributed by atoms with E-state index in [2.05, 4.69) is 5.32 Å². The van der Waals surface area contributed by atoms with Gasteiger partial charge in [-0.15, -0.1) is 0 Å². The molecule has 4 nitrogen and oxygen atoms in total. The molecule has 0 spiro atoms. The Bertz CT molecular complexity index is 718. The topological polar surface area (TPSA) is 72.2 Å². The van der Waals surface area contributed by atoms with E-state index in [1.807, 2.05) is 42.5 Å². The van der Waals surface area contributed by atoms with Gasteiger partial charge in [0, 0.05) is 24.7 Å². The summed E-state index contributed by atoms with van der Waals surface area (Å²) in [4.78, 5) is 22.5. The molecule has 0 aliphatic rings. The number of allylic oxidation sites excluding steroid dienone is 2. The Morgan fingerprint density at radius 1 is 1.13 bits per heavy atom. The average molecular weight is 308 g/mol. The highest BCUT2D eigenvalue weighted by molar-refractivity contribution is 6.07. The standard InChI is InChI=1S/C19H20N2O2/c1-14(23)21-19-4-2-3-17(11-19)18(13-22)10-9-15-5-7-16(12-20)8-6-15/h2-8,10-11,13H,9,12,20H2,1H3,(H,21,23)/b18-10-. The van der Waals surface area contributed by atoms with Crippen molar-refractivity contribution in [3.8, 4) is 0 Å². The minimum Gasteiger partial charge on any atom is -0.326 e. The third-order valence-corrected chi connectivity index (χ3v) is 3.46. The molecule has 0 saturated carbocycles. The van der Waals surface area contributed by atoms with E-state index in [1.165, 1.54) is 6.92 Å². The van der Waals surface area contributed by atoms with Crippen molar-refractivity contribution in [2.45, 2.75) is 19.9 Å². The number of benzene rings is 2. The van der Waals surface area contributed by atoms with Crippen LogP contribution in [0.4, 0.5) is 5.69 Å². The lowest BCUT2D eigenvalue weighted by atomic mass is 10.0. The fraction of sp³-hybridized carbons (Fsp3) is 0.158. The third kappa shape index (κ3) is 4.90. The SMILES string of the molecule is CC(=O)Nc1cccc(/C(C=O)=C\Cc2ccc(CN)cc2)c1. The van der Waals surface area contributed by atoms with E-state index >= 15 is 0 Å². The lowest BCUT2D eigenvalue weighted by Gasteiger charge is -2.06. The van der Waals surface area contributed by atoms with Gasteiger partial charge in [0.05, 0.1) is 0 Å². The highest BCUT2D eigenvalue weighted by Gasteiger charge is 2.03.